The molecule has 0 amide bonds. The van der Waals surface area contributed by atoms with Crippen LogP contribution in [-0.2, 0) is 41.1 Å². The zero-order chi connectivity index (χ0) is 48.7. The van der Waals surface area contributed by atoms with Gasteiger partial charge in [0.2, 0.25) is 0 Å². The van der Waals surface area contributed by atoms with Crippen LogP contribution in [0.25, 0.3) is 0 Å². The fraction of sp³-hybridized carbons (Fsp3) is 1.00. The summed E-state index contributed by atoms with van der Waals surface area (Å²) >= 11 is 0. The van der Waals surface area contributed by atoms with E-state index in [0.717, 1.165) is 38.5 Å². The molecule has 0 aliphatic heterocycles. The first-order valence-corrected chi connectivity index (χ1v) is 31.5. The molecule has 0 fully saturated rings. The predicted octanol–water partition coefficient (Wildman–Crippen LogP) is -7.16. The van der Waals surface area contributed by atoms with Crippen LogP contribution in [-0.4, -0.2) is 31.3 Å². The molecule has 366 valence electrons. The van der Waals surface area contributed by atoms with Crippen molar-refractivity contribution < 1.29 is 129 Å². The Morgan fingerprint density at radius 3 is 0.459 bits per heavy atom. The van der Waals surface area contributed by atoms with E-state index in [1.165, 1.54) is 0 Å². The van der Waals surface area contributed by atoms with Crippen LogP contribution in [0.5, 0.6) is 0 Å². The van der Waals surface area contributed by atoms with Gasteiger partial charge in [0.1, 0.15) is 0 Å². The third-order valence-corrected chi connectivity index (χ3v) is 31.9. The van der Waals surface area contributed by atoms with Crippen LogP contribution in [0.15, 0.2) is 0 Å². The molecule has 0 N–H and O–H groups in total. The molecule has 0 aromatic heterocycles. The molecule has 0 spiro atoms. The van der Waals surface area contributed by atoms with Crippen molar-refractivity contribution in [1.29, 1.82) is 0 Å². The molecule has 0 bridgehead atoms. The summed E-state index contributed by atoms with van der Waals surface area (Å²) < 4.78 is 86.0. The Balaban J connectivity index is -0.000000396. The third-order valence-electron chi connectivity index (χ3n) is 8.79. The largest absolute Gasteiger partial charge is 3.00 e. The molecule has 61 heavy (non-hydrogen) atoms. The minimum absolute atomic E-state index is 0. The Morgan fingerprint density at radius 2 is 0.361 bits per heavy atom. The standard InChI is InChI=1S/3C8H21O9P3.Al/c3*1-2-3-4-5-6-7-8(18(9,10)11,19(12,13)14)20(15,16)17;/h3*2-7H2,1H3,(H2,9,10,11)(H2,12,13,14)(H2,15,16,17);/q;;;+3/p-18. The summed E-state index contributed by atoms with van der Waals surface area (Å²) in [4.78, 5) is 198. The molecule has 0 radical (unpaired) electrons. The Kier molecular flexibility index (Phi) is 30.9. The molecular formula is C24H45AlO27P9-15. The summed E-state index contributed by atoms with van der Waals surface area (Å²) in [5.74, 6) is 0. The van der Waals surface area contributed by atoms with Crippen molar-refractivity contribution in [2.45, 2.75) is 150 Å². The van der Waals surface area contributed by atoms with Crippen LogP contribution in [0.1, 0.15) is 136 Å². The van der Waals surface area contributed by atoms with Crippen LogP contribution < -0.4 is 88.1 Å². The van der Waals surface area contributed by atoms with E-state index in [1.807, 2.05) is 20.8 Å². The first kappa shape index (κ1) is 69.5. The molecule has 0 saturated heterocycles. The first-order valence-electron chi connectivity index (χ1n) is 17.6. The van der Waals surface area contributed by atoms with E-state index in [-0.39, 0.29) is 55.9 Å². The van der Waals surface area contributed by atoms with Gasteiger partial charge in [-0.05, 0) is 19.3 Å². The zero-order valence-electron chi connectivity index (χ0n) is 32.9. The van der Waals surface area contributed by atoms with Crippen molar-refractivity contribution in [2.24, 2.45) is 0 Å². The second-order valence-corrected chi connectivity index (χ2v) is 32.3. The summed E-state index contributed by atoms with van der Waals surface area (Å²) in [5.41, 5.74) is 0. The fourth-order valence-electron chi connectivity index (χ4n) is 5.48. The molecule has 0 atom stereocenters. The van der Waals surface area contributed by atoms with Crippen molar-refractivity contribution in [1.82, 2.24) is 0 Å². The Hall–Kier alpha value is 1.88. The maximum atomic E-state index is 11.0. The van der Waals surface area contributed by atoms with Gasteiger partial charge in [-0.3, -0.25) is 0 Å². The van der Waals surface area contributed by atoms with Gasteiger partial charge in [-0.2, -0.15) is 0 Å². The van der Waals surface area contributed by atoms with E-state index in [1.54, 1.807) is 0 Å². The SMILES string of the molecule is CCCCCCCC(P(=O)([O-])[O-])(P(=O)([O-])[O-])P(=O)([O-])[O-].CCCCCCCC(P(=O)([O-])[O-])(P(=O)([O-])[O-])P(=O)([O-])[O-].CCCCCCCC(P(=O)([O-])[O-])(P(=O)([O-])[O-])P(=O)([O-])[O-].[Al+3]. The summed E-state index contributed by atoms with van der Waals surface area (Å²) in [6, 6.07) is 0. The van der Waals surface area contributed by atoms with Gasteiger partial charge >= 0.3 is 17.4 Å². The number of unbranched alkanes of at least 4 members (excludes halogenated alkanes) is 12. The van der Waals surface area contributed by atoms with Crippen molar-refractivity contribution >= 4 is 85.7 Å². The first-order chi connectivity index (χ1) is 26.4. The average Bonchev–Trinajstić information content (AvgIpc) is 2.97. The van der Waals surface area contributed by atoms with Crippen LogP contribution in [0.4, 0.5) is 0 Å². The fourth-order valence-corrected chi connectivity index (χ4v) is 20.2. The minimum Gasteiger partial charge on any atom is -0.810 e. The summed E-state index contributed by atoms with van der Waals surface area (Å²) in [5, 5.41) is 0. The van der Waals surface area contributed by atoms with E-state index >= 15 is 0 Å². The van der Waals surface area contributed by atoms with E-state index in [0.29, 0.717) is 19.3 Å². The van der Waals surface area contributed by atoms with Gasteiger partial charge in [0.15, 0.2) is 0 Å². The molecule has 0 aliphatic rings. The van der Waals surface area contributed by atoms with E-state index in [2.05, 4.69) is 0 Å². The van der Waals surface area contributed by atoms with E-state index in [9.17, 15) is 129 Å². The second kappa shape index (κ2) is 27.2. The molecule has 0 heterocycles. The van der Waals surface area contributed by atoms with Gasteiger partial charge in [-0.25, -0.2) is 0 Å². The average molecular weight is 1070 g/mol. The normalized spacial score (nSPS) is 14.3. The summed E-state index contributed by atoms with van der Waals surface area (Å²) in [7, 11) is -58.3. The van der Waals surface area contributed by atoms with Crippen molar-refractivity contribution in [3.8, 4) is 0 Å². The van der Waals surface area contributed by atoms with Crippen LogP contribution in [0.3, 0.4) is 0 Å². The van der Waals surface area contributed by atoms with Crippen molar-refractivity contribution in [2.75, 3.05) is 0 Å². The Labute approximate surface area is 363 Å². The van der Waals surface area contributed by atoms with Crippen molar-refractivity contribution in [3.05, 3.63) is 0 Å². The molecule has 0 rings (SSSR count). The van der Waals surface area contributed by atoms with Gasteiger partial charge in [0, 0.05) is 0 Å². The summed E-state index contributed by atoms with van der Waals surface area (Å²) in [6.07, 6.45) is 1.82. The molecule has 0 aliphatic carbocycles. The monoisotopic (exact) mass is 1070 g/mol. The number of hydrogen-bond donors (Lipinski definition) is 0. The van der Waals surface area contributed by atoms with Gasteiger partial charge in [0.25, 0.3) is 0 Å². The van der Waals surface area contributed by atoms with Crippen LogP contribution in [0, 0.1) is 0 Å². The number of hydrogen-bond acceptors (Lipinski definition) is 27. The van der Waals surface area contributed by atoms with Gasteiger partial charge in [-0.1, -0.05) is 185 Å². The van der Waals surface area contributed by atoms with Crippen molar-refractivity contribution in [3.63, 3.8) is 0 Å². The third kappa shape index (κ3) is 19.4. The molecule has 27 nitrogen and oxygen atoms in total. The molecule has 0 aromatic rings. The minimum atomic E-state index is -6.48. The number of rotatable bonds is 27. The molecule has 0 saturated carbocycles. The smallest absolute Gasteiger partial charge is 0.810 e. The molecule has 37 heteroatoms. The second-order valence-electron chi connectivity index (χ2n) is 13.3. The maximum Gasteiger partial charge on any atom is 3.00 e. The Morgan fingerprint density at radius 1 is 0.246 bits per heavy atom. The van der Waals surface area contributed by atoms with Crippen LogP contribution in [0.2, 0.25) is 0 Å². The maximum absolute atomic E-state index is 11.0. The van der Waals surface area contributed by atoms with E-state index < -0.39 is 102 Å². The van der Waals surface area contributed by atoms with Gasteiger partial charge in [-0.15, -0.1) is 0 Å². The topological polar surface area (TPSA) is 569 Å². The van der Waals surface area contributed by atoms with Gasteiger partial charge in [0.05, 0.1) is 13.9 Å². The zero-order valence-corrected chi connectivity index (χ0v) is 42.1. The molecular weight excluding hydrogens is 1030 g/mol. The Bertz CT molecular complexity index is 1370. The van der Waals surface area contributed by atoms with E-state index in [4.69, 9.17) is 0 Å². The van der Waals surface area contributed by atoms with Gasteiger partial charge < -0.3 is 129 Å². The van der Waals surface area contributed by atoms with Crippen LogP contribution >= 0.6 is 68.4 Å². The molecule has 0 aromatic carbocycles. The summed E-state index contributed by atoms with van der Waals surface area (Å²) in [6.45, 7) is 5.59. The molecule has 0 unspecified atom stereocenters. The quantitative estimate of drug-likeness (QED) is 0.0419. The predicted molar refractivity (Wildman–Crippen MR) is 183 cm³/mol.